The number of rotatable bonds is 5. The minimum atomic E-state index is -3.57. The van der Waals surface area contributed by atoms with E-state index < -0.39 is 15.6 Å². The molecule has 0 saturated carbocycles. The summed E-state index contributed by atoms with van der Waals surface area (Å²) in [4.78, 5) is 0.931. The lowest BCUT2D eigenvalue weighted by atomic mass is 9.97. The molecule has 1 heterocycles. The minimum Gasteiger partial charge on any atom is -0.384 e. The zero-order chi connectivity index (χ0) is 14.8. The number of thiophene rings is 1. The predicted octanol–water partition coefficient (Wildman–Crippen LogP) is 2.24. The Labute approximate surface area is 123 Å². The average molecular weight is 311 g/mol. The van der Waals surface area contributed by atoms with E-state index in [4.69, 9.17) is 0 Å². The highest BCUT2D eigenvalue weighted by molar-refractivity contribution is 7.91. The molecule has 0 saturated heterocycles. The second-order valence-electron chi connectivity index (χ2n) is 4.83. The van der Waals surface area contributed by atoms with Gasteiger partial charge in [0.1, 0.15) is 9.81 Å². The van der Waals surface area contributed by atoms with Crippen molar-refractivity contribution in [3.05, 3.63) is 52.9 Å². The van der Waals surface area contributed by atoms with E-state index in [2.05, 4.69) is 4.72 Å². The third-order valence-electron chi connectivity index (χ3n) is 2.98. The van der Waals surface area contributed by atoms with Gasteiger partial charge < -0.3 is 5.11 Å². The Balaban J connectivity index is 2.12. The summed E-state index contributed by atoms with van der Waals surface area (Å²) in [5.41, 5.74) is -0.578. The van der Waals surface area contributed by atoms with Crippen molar-refractivity contribution in [1.29, 1.82) is 0 Å². The van der Waals surface area contributed by atoms with Gasteiger partial charge in [0.2, 0.25) is 10.0 Å². The van der Waals surface area contributed by atoms with Gasteiger partial charge >= 0.3 is 0 Å². The first-order chi connectivity index (χ1) is 9.31. The van der Waals surface area contributed by atoms with E-state index in [1.807, 2.05) is 13.0 Å². The van der Waals surface area contributed by atoms with Crippen molar-refractivity contribution in [2.75, 3.05) is 6.54 Å². The molecule has 1 unspecified atom stereocenters. The first kappa shape index (κ1) is 15.2. The molecule has 0 aliphatic carbocycles. The third-order valence-corrected chi connectivity index (χ3v) is 5.88. The van der Waals surface area contributed by atoms with Crippen LogP contribution in [0.2, 0.25) is 0 Å². The topological polar surface area (TPSA) is 66.4 Å². The first-order valence-corrected chi connectivity index (χ1v) is 8.45. The lowest BCUT2D eigenvalue weighted by Gasteiger charge is -2.23. The van der Waals surface area contributed by atoms with Crippen molar-refractivity contribution in [2.24, 2.45) is 0 Å². The highest BCUT2D eigenvalue weighted by atomic mass is 32.2. The van der Waals surface area contributed by atoms with Gasteiger partial charge in [0.25, 0.3) is 0 Å². The van der Waals surface area contributed by atoms with Gasteiger partial charge in [-0.1, -0.05) is 30.3 Å². The lowest BCUT2D eigenvalue weighted by Crippen LogP contribution is -2.38. The smallest absolute Gasteiger partial charge is 0.250 e. The number of hydrogen-bond acceptors (Lipinski definition) is 4. The van der Waals surface area contributed by atoms with Gasteiger partial charge in [-0.3, -0.25) is 0 Å². The van der Waals surface area contributed by atoms with Crippen LogP contribution >= 0.6 is 11.3 Å². The quantitative estimate of drug-likeness (QED) is 0.890. The molecule has 1 atom stereocenters. The van der Waals surface area contributed by atoms with Gasteiger partial charge in [-0.2, -0.15) is 0 Å². The summed E-state index contributed by atoms with van der Waals surface area (Å²) in [6.07, 6.45) is 0. The number of aliphatic hydroxyl groups is 1. The van der Waals surface area contributed by atoms with Crippen LogP contribution in [-0.2, 0) is 15.6 Å². The molecular formula is C14H17NO3S2. The second-order valence-corrected chi connectivity index (χ2v) is 8.11. The zero-order valence-corrected chi connectivity index (χ0v) is 13.0. The van der Waals surface area contributed by atoms with Gasteiger partial charge in [0.05, 0.1) is 0 Å². The van der Waals surface area contributed by atoms with Crippen LogP contribution in [0, 0.1) is 6.92 Å². The fourth-order valence-electron chi connectivity index (χ4n) is 1.76. The molecule has 2 rings (SSSR count). The maximum absolute atomic E-state index is 12.1. The predicted molar refractivity (Wildman–Crippen MR) is 80.3 cm³/mol. The molecule has 2 aromatic rings. The lowest BCUT2D eigenvalue weighted by molar-refractivity contribution is 0.0627. The molecule has 1 aromatic heterocycles. The molecular weight excluding hydrogens is 294 g/mol. The Morgan fingerprint density at radius 2 is 1.85 bits per heavy atom. The Hall–Kier alpha value is -1.21. The van der Waals surface area contributed by atoms with Gasteiger partial charge in [-0.15, -0.1) is 11.3 Å². The molecule has 4 nitrogen and oxygen atoms in total. The molecule has 0 radical (unpaired) electrons. The van der Waals surface area contributed by atoms with E-state index >= 15 is 0 Å². The maximum Gasteiger partial charge on any atom is 0.250 e. The Morgan fingerprint density at radius 3 is 2.40 bits per heavy atom. The molecule has 0 fully saturated rings. The van der Waals surface area contributed by atoms with E-state index in [0.29, 0.717) is 5.56 Å². The van der Waals surface area contributed by atoms with Crippen LogP contribution in [0.25, 0.3) is 0 Å². The monoisotopic (exact) mass is 311 g/mol. The number of hydrogen-bond donors (Lipinski definition) is 2. The van der Waals surface area contributed by atoms with Crippen molar-refractivity contribution in [3.8, 4) is 0 Å². The van der Waals surface area contributed by atoms with Gasteiger partial charge in [-0.25, -0.2) is 13.1 Å². The Morgan fingerprint density at radius 1 is 1.20 bits per heavy atom. The molecule has 0 aliphatic rings. The largest absolute Gasteiger partial charge is 0.384 e. The third kappa shape index (κ3) is 3.46. The molecule has 108 valence electrons. The van der Waals surface area contributed by atoms with E-state index in [1.54, 1.807) is 43.3 Å². The minimum absolute atomic E-state index is 0.0731. The van der Waals surface area contributed by atoms with Gasteiger partial charge in [0.15, 0.2) is 0 Å². The molecule has 0 amide bonds. The first-order valence-electron chi connectivity index (χ1n) is 6.15. The van der Waals surface area contributed by atoms with Crippen molar-refractivity contribution >= 4 is 21.4 Å². The number of benzene rings is 1. The number of aryl methyl sites for hydroxylation is 1. The summed E-state index contributed by atoms with van der Waals surface area (Å²) >= 11 is 1.21. The average Bonchev–Trinajstić information content (AvgIpc) is 2.85. The summed E-state index contributed by atoms with van der Waals surface area (Å²) in [5, 5.41) is 10.4. The number of nitrogens with one attached hydrogen (secondary N) is 1. The van der Waals surface area contributed by atoms with Gasteiger partial charge in [-0.05, 0) is 31.5 Å². The molecule has 2 N–H and O–H groups in total. The second kappa shape index (κ2) is 5.65. The van der Waals surface area contributed by atoms with E-state index in [9.17, 15) is 13.5 Å². The maximum atomic E-state index is 12.1. The zero-order valence-electron chi connectivity index (χ0n) is 11.3. The molecule has 6 heteroatoms. The molecule has 0 bridgehead atoms. The van der Waals surface area contributed by atoms with Crippen LogP contribution in [-0.4, -0.2) is 20.1 Å². The summed E-state index contributed by atoms with van der Waals surface area (Å²) < 4.78 is 26.9. The molecule has 1 aromatic carbocycles. The molecule has 20 heavy (non-hydrogen) atoms. The Kier molecular flexibility index (Phi) is 4.29. The fraction of sp³-hybridized carbons (Fsp3) is 0.286. The van der Waals surface area contributed by atoms with Crippen molar-refractivity contribution in [1.82, 2.24) is 4.72 Å². The summed E-state index contributed by atoms with van der Waals surface area (Å²) in [6.45, 7) is 3.37. The van der Waals surface area contributed by atoms with E-state index in [0.717, 1.165) is 4.88 Å². The summed E-state index contributed by atoms with van der Waals surface area (Å²) in [6, 6.07) is 12.3. The summed E-state index contributed by atoms with van der Waals surface area (Å²) in [7, 11) is -3.57. The van der Waals surface area contributed by atoms with Crippen LogP contribution < -0.4 is 4.72 Å². The standard InChI is InChI=1S/C14H17NO3S2/c1-11-8-9-13(19-11)20(17,18)15-10-14(2,16)12-6-4-3-5-7-12/h3-9,15-16H,10H2,1-2H3. The van der Waals surface area contributed by atoms with Crippen molar-refractivity contribution < 1.29 is 13.5 Å². The SMILES string of the molecule is Cc1ccc(S(=O)(=O)NCC(C)(O)c2ccccc2)s1. The van der Waals surface area contributed by atoms with Crippen LogP contribution in [0.4, 0.5) is 0 Å². The fourth-order valence-corrected chi connectivity index (χ4v) is 4.22. The highest BCUT2D eigenvalue weighted by Gasteiger charge is 2.26. The van der Waals surface area contributed by atoms with Gasteiger partial charge in [0, 0.05) is 11.4 Å². The van der Waals surface area contributed by atoms with Crippen LogP contribution in [0.3, 0.4) is 0 Å². The van der Waals surface area contributed by atoms with E-state index in [-0.39, 0.29) is 10.8 Å². The van der Waals surface area contributed by atoms with Crippen molar-refractivity contribution in [2.45, 2.75) is 23.7 Å². The molecule has 0 spiro atoms. The number of sulfonamides is 1. The molecule has 0 aliphatic heterocycles. The van der Waals surface area contributed by atoms with Crippen LogP contribution in [0.15, 0.2) is 46.7 Å². The van der Waals surface area contributed by atoms with Crippen LogP contribution in [0.5, 0.6) is 0 Å². The van der Waals surface area contributed by atoms with E-state index in [1.165, 1.54) is 11.3 Å². The normalized spacial score (nSPS) is 14.9. The highest BCUT2D eigenvalue weighted by Crippen LogP contribution is 2.23. The Bertz CT molecular complexity index is 675. The summed E-state index contributed by atoms with van der Waals surface area (Å²) in [5.74, 6) is 0. The van der Waals surface area contributed by atoms with Crippen molar-refractivity contribution in [3.63, 3.8) is 0 Å². The van der Waals surface area contributed by atoms with Crippen LogP contribution in [0.1, 0.15) is 17.4 Å².